The Kier molecular flexibility index (Phi) is 3.69. The first-order valence-electron chi connectivity index (χ1n) is 4.72. The van der Waals surface area contributed by atoms with E-state index in [0.29, 0.717) is 5.92 Å². The molecule has 0 fully saturated rings. The average molecular weight is 176 g/mol. The van der Waals surface area contributed by atoms with Gasteiger partial charge in [-0.15, -0.1) is 0 Å². The van der Waals surface area contributed by atoms with E-state index in [2.05, 4.69) is 12.2 Å². The summed E-state index contributed by atoms with van der Waals surface area (Å²) in [4.78, 5) is 11.0. The zero-order valence-corrected chi connectivity index (χ0v) is 8.23. The molecule has 0 aromatic heterocycles. The summed E-state index contributed by atoms with van der Waals surface area (Å²) < 4.78 is 0. The van der Waals surface area contributed by atoms with Gasteiger partial charge in [0.2, 0.25) is 0 Å². The maximum atomic E-state index is 11.0. The molecule has 0 aliphatic heterocycles. The van der Waals surface area contributed by atoms with Gasteiger partial charge in [0.05, 0.1) is 0 Å². The molecule has 0 aromatic rings. The van der Waals surface area contributed by atoms with Crippen LogP contribution < -0.4 is 0 Å². The second kappa shape index (κ2) is 4.80. The zero-order valence-electron chi connectivity index (χ0n) is 8.23. The summed E-state index contributed by atoms with van der Waals surface area (Å²) in [6.45, 7) is 3.65. The van der Waals surface area contributed by atoms with Crippen LogP contribution in [0.4, 0.5) is 0 Å². The minimum atomic E-state index is 0.164. The third kappa shape index (κ3) is 3.41. The number of carbonyl (C=O) groups is 1. The summed E-state index contributed by atoms with van der Waals surface area (Å²) in [5, 5.41) is 0. The standard InChI is InChI=1S/C12H16O/c1-10(11(2)13)9-12-7-5-3-4-6-8-12/h3-8,10,12H,9H2,1-2H3. The highest BCUT2D eigenvalue weighted by Crippen LogP contribution is 2.17. The molecule has 0 bridgehead atoms. The largest absolute Gasteiger partial charge is 0.300 e. The van der Waals surface area contributed by atoms with Crippen LogP contribution in [0.3, 0.4) is 0 Å². The van der Waals surface area contributed by atoms with Crippen LogP contribution in [-0.2, 0) is 4.79 Å². The summed E-state index contributed by atoms with van der Waals surface area (Å²) in [7, 11) is 0. The lowest BCUT2D eigenvalue weighted by Gasteiger charge is -2.11. The van der Waals surface area contributed by atoms with Crippen LogP contribution >= 0.6 is 0 Å². The smallest absolute Gasteiger partial charge is 0.132 e. The van der Waals surface area contributed by atoms with Crippen molar-refractivity contribution in [3.63, 3.8) is 0 Å². The van der Waals surface area contributed by atoms with E-state index in [-0.39, 0.29) is 11.7 Å². The first-order chi connectivity index (χ1) is 6.20. The normalized spacial score (nSPS) is 18.6. The minimum absolute atomic E-state index is 0.164. The van der Waals surface area contributed by atoms with Crippen molar-refractivity contribution in [2.45, 2.75) is 20.3 Å². The van der Waals surface area contributed by atoms with Crippen molar-refractivity contribution in [2.75, 3.05) is 0 Å². The van der Waals surface area contributed by atoms with E-state index in [1.165, 1.54) is 0 Å². The molecule has 1 nitrogen and oxygen atoms in total. The van der Waals surface area contributed by atoms with Crippen LogP contribution in [0.5, 0.6) is 0 Å². The van der Waals surface area contributed by atoms with Gasteiger partial charge in [-0.25, -0.2) is 0 Å². The second-order valence-electron chi connectivity index (χ2n) is 3.57. The number of rotatable bonds is 3. The summed E-state index contributed by atoms with van der Waals surface area (Å²) >= 11 is 0. The van der Waals surface area contributed by atoms with Crippen molar-refractivity contribution >= 4 is 5.78 Å². The van der Waals surface area contributed by atoms with Crippen molar-refractivity contribution in [3.8, 4) is 0 Å². The van der Waals surface area contributed by atoms with Gasteiger partial charge in [-0.2, -0.15) is 0 Å². The fourth-order valence-corrected chi connectivity index (χ4v) is 1.34. The maximum absolute atomic E-state index is 11.0. The molecule has 1 atom stereocenters. The van der Waals surface area contributed by atoms with Crippen LogP contribution in [-0.4, -0.2) is 5.78 Å². The first-order valence-corrected chi connectivity index (χ1v) is 4.72. The predicted molar refractivity (Wildman–Crippen MR) is 55.4 cm³/mol. The molecule has 1 rings (SSSR count). The van der Waals surface area contributed by atoms with Crippen LogP contribution in [0.15, 0.2) is 36.5 Å². The number of ketones is 1. The maximum Gasteiger partial charge on any atom is 0.132 e. The van der Waals surface area contributed by atoms with Gasteiger partial charge in [-0.3, -0.25) is 4.79 Å². The molecule has 0 amide bonds. The van der Waals surface area contributed by atoms with Crippen molar-refractivity contribution in [1.29, 1.82) is 0 Å². The number of allylic oxidation sites excluding steroid dienone is 6. The van der Waals surface area contributed by atoms with E-state index in [1.54, 1.807) is 6.92 Å². The Balaban J connectivity index is 2.50. The minimum Gasteiger partial charge on any atom is -0.300 e. The molecule has 1 aliphatic rings. The van der Waals surface area contributed by atoms with Crippen LogP contribution in [0.2, 0.25) is 0 Å². The molecular weight excluding hydrogens is 160 g/mol. The summed E-state index contributed by atoms with van der Waals surface area (Å²) in [6, 6.07) is 0. The highest BCUT2D eigenvalue weighted by Gasteiger charge is 2.11. The molecular formula is C12H16O. The van der Waals surface area contributed by atoms with Gasteiger partial charge in [-0.1, -0.05) is 43.4 Å². The van der Waals surface area contributed by atoms with Crippen molar-refractivity contribution in [1.82, 2.24) is 0 Å². The SMILES string of the molecule is CC(=O)C(C)CC1C=CC=CC=C1. The van der Waals surface area contributed by atoms with Gasteiger partial charge in [-0.05, 0) is 19.3 Å². The summed E-state index contributed by atoms with van der Waals surface area (Å²) in [6.07, 6.45) is 13.3. The van der Waals surface area contributed by atoms with Gasteiger partial charge in [0.15, 0.2) is 0 Å². The molecule has 0 N–H and O–H groups in total. The Morgan fingerprint density at radius 3 is 2.23 bits per heavy atom. The van der Waals surface area contributed by atoms with Gasteiger partial charge in [0, 0.05) is 5.92 Å². The highest BCUT2D eigenvalue weighted by molar-refractivity contribution is 5.77. The number of carbonyl (C=O) groups excluding carboxylic acids is 1. The van der Waals surface area contributed by atoms with E-state index < -0.39 is 0 Å². The molecule has 70 valence electrons. The fourth-order valence-electron chi connectivity index (χ4n) is 1.34. The van der Waals surface area contributed by atoms with Gasteiger partial charge in [0.1, 0.15) is 5.78 Å². The Hall–Kier alpha value is -1.11. The highest BCUT2D eigenvalue weighted by atomic mass is 16.1. The number of hydrogen-bond donors (Lipinski definition) is 0. The van der Waals surface area contributed by atoms with Crippen LogP contribution in [0, 0.1) is 11.8 Å². The molecule has 0 saturated heterocycles. The number of hydrogen-bond acceptors (Lipinski definition) is 1. The molecule has 1 heteroatoms. The van der Waals surface area contributed by atoms with Crippen LogP contribution in [0.1, 0.15) is 20.3 Å². The fraction of sp³-hybridized carbons (Fsp3) is 0.417. The Morgan fingerprint density at radius 1 is 1.23 bits per heavy atom. The average Bonchev–Trinajstić information content (AvgIpc) is 2.32. The lowest BCUT2D eigenvalue weighted by atomic mass is 9.93. The third-order valence-electron chi connectivity index (χ3n) is 2.37. The Morgan fingerprint density at radius 2 is 1.77 bits per heavy atom. The second-order valence-corrected chi connectivity index (χ2v) is 3.57. The third-order valence-corrected chi connectivity index (χ3v) is 2.37. The monoisotopic (exact) mass is 176 g/mol. The van der Waals surface area contributed by atoms with Gasteiger partial charge >= 0.3 is 0 Å². The van der Waals surface area contributed by atoms with Crippen molar-refractivity contribution < 1.29 is 4.79 Å². The molecule has 0 aromatic carbocycles. The van der Waals surface area contributed by atoms with Crippen molar-refractivity contribution in [3.05, 3.63) is 36.5 Å². The topological polar surface area (TPSA) is 17.1 Å². The van der Waals surface area contributed by atoms with Crippen molar-refractivity contribution in [2.24, 2.45) is 11.8 Å². The number of Topliss-reactive ketones (excluding diaryl/α,β-unsaturated/α-hetero) is 1. The Bertz CT molecular complexity index is 242. The van der Waals surface area contributed by atoms with E-state index in [4.69, 9.17) is 0 Å². The molecule has 0 heterocycles. The Labute approximate surface area is 79.8 Å². The molecule has 0 spiro atoms. The van der Waals surface area contributed by atoms with E-state index in [0.717, 1.165) is 6.42 Å². The molecule has 1 aliphatic carbocycles. The quantitative estimate of drug-likeness (QED) is 0.646. The van der Waals surface area contributed by atoms with Crippen LogP contribution in [0.25, 0.3) is 0 Å². The molecule has 13 heavy (non-hydrogen) atoms. The lowest BCUT2D eigenvalue weighted by Crippen LogP contribution is -2.10. The first kappa shape index (κ1) is 9.97. The van der Waals surface area contributed by atoms with Gasteiger partial charge < -0.3 is 0 Å². The summed E-state index contributed by atoms with van der Waals surface area (Å²) in [5.41, 5.74) is 0. The van der Waals surface area contributed by atoms with E-state index in [9.17, 15) is 4.79 Å². The molecule has 0 saturated carbocycles. The predicted octanol–water partition coefficient (Wildman–Crippen LogP) is 2.90. The molecule has 1 unspecified atom stereocenters. The van der Waals surface area contributed by atoms with E-state index in [1.807, 2.05) is 31.2 Å². The summed E-state index contributed by atoms with van der Waals surface area (Å²) in [5.74, 6) is 0.852. The zero-order chi connectivity index (χ0) is 9.68. The van der Waals surface area contributed by atoms with Gasteiger partial charge in [0.25, 0.3) is 0 Å². The van der Waals surface area contributed by atoms with E-state index >= 15 is 0 Å². The lowest BCUT2D eigenvalue weighted by molar-refractivity contribution is -0.120. The molecule has 0 radical (unpaired) electrons.